The van der Waals surface area contributed by atoms with Crippen molar-refractivity contribution in [2.24, 2.45) is 0 Å². The third kappa shape index (κ3) is 5.61. The Bertz CT molecular complexity index is 238. The topological polar surface area (TPSA) is 37.3 Å². The minimum absolute atomic E-state index is 0. The van der Waals surface area contributed by atoms with Crippen LogP contribution in [0.5, 0.6) is 0 Å². The van der Waals surface area contributed by atoms with E-state index in [1.165, 1.54) is 0 Å². The fourth-order valence-electron chi connectivity index (χ4n) is 0.896. The first kappa shape index (κ1) is 13.0. The van der Waals surface area contributed by atoms with Gasteiger partial charge in [-0.15, -0.1) is 0 Å². The summed E-state index contributed by atoms with van der Waals surface area (Å²) in [6.45, 7) is 0. The van der Waals surface area contributed by atoms with Crippen LogP contribution < -0.4 is 0 Å². The van der Waals surface area contributed by atoms with Crippen LogP contribution in [0.1, 0.15) is 5.56 Å². The maximum absolute atomic E-state index is 10.4. The summed E-state index contributed by atoms with van der Waals surface area (Å²) >= 11 is 0. The van der Waals surface area contributed by atoms with Crippen LogP contribution in [-0.4, -0.2) is 11.1 Å². The Balaban J connectivity index is 0.00000121. The van der Waals surface area contributed by atoms with Crippen LogP contribution in [0.3, 0.4) is 0 Å². The van der Waals surface area contributed by atoms with Crippen LogP contribution in [0.25, 0.3) is 0 Å². The van der Waals surface area contributed by atoms with Gasteiger partial charge < -0.3 is 4.89 Å². The second kappa shape index (κ2) is 7.40. The van der Waals surface area contributed by atoms with E-state index < -0.39 is 8.03 Å². The van der Waals surface area contributed by atoms with E-state index in [9.17, 15) is 4.57 Å². The molecule has 0 saturated carbocycles. The van der Waals surface area contributed by atoms with E-state index in [4.69, 9.17) is 4.89 Å². The molecule has 1 atom stereocenters. The molecule has 0 bridgehead atoms. The van der Waals surface area contributed by atoms with E-state index in [1.54, 1.807) is 0 Å². The van der Waals surface area contributed by atoms with Crippen molar-refractivity contribution in [1.29, 1.82) is 0 Å². The van der Waals surface area contributed by atoms with Gasteiger partial charge in [0, 0.05) is 55.5 Å². The smallest absolute Gasteiger partial charge is 0.189 e. The second-order valence-electron chi connectivity index (χ2n) is 2.38. The summed E-state index contributed by atoms with van der Waals surface area (Å²) in [5, 5.41) is 0. The van der Waals surface area contributed by atoms with E-state index in [2.05, 4.69) is 0 Å². The molecule has 0 aromatic heterocycles. The molecule has 1 rings (SSSR count). The number of benzene rings is 1. The zero-order valence-electron chi connectivity index (χ0n) is 6.53. The molecule has 0 aliphatic rings. The van der Waals surface area contributed by atoms with E-state index in [0.29, 0.717) is 12.6 Å². The van der Waals surface area contributed by atoms with Crippen LogP contribution in [0.4, 0.5) is 0 Å². The molecule has 0 saturated heterocycles. The molecule has 2 nitrogen and oxygen atoms in total. The van der Waals surface area contributed by atoms with Gasteiger partial charge in [0.05, 0.1) is 0 Å². The van der Waals surface area contributed by atoms with Gasteiger partial charge in [-0.25, -0.2) is 0 Å². The molecule has 0 spiro atoms. The quantitative estimate of drug-likeness (QED) is 0.860. The summed E-state index contributed by atoms with van der Waals surface area (Å²) in [7, 11) is -2.28. The number of rotatable bonds is 3. The number of hydrogen-bond acceptors (Lipinski definition) is 1. The monoisotopic (exact) mass is 323 g/mol. The van der Waals surface area contributed by atoms with Crippen molar-refractivity contribution in [3.63, 3.8) is 0 Å². The molecule has 0 heterocycles. The van der Waals surface area contributed by atoms with Gasteiger partial charge in [0.2, 0.25) is 0 Å². The molecule has 67 valence electrons. The average molecular weight is 322 g/mol. The van der Waals surface area contributed by atoms with Gasteiger partial charge in [-0.3, -0.25) is 4.57 Å². The molecular formula is C8H11EuO2P. The normalized spacial score (nSPS) is 11.8. The molecule has 1 N–H and O–H groups in total. The first-order chi connectivity index (χ1) is 5.29. The van der Waals surface area contributed by atoms with Crippen molar-refractivity contribution in [2.45, 2.75) is 6.42 Å². The third-order valence-electron chi connectivity index (χ3n) is 1.47. The van der Waals surface area contributed by atoms with Crippen molar-refractivity contribution in [3.8, 4) is 0 Å². The summed E-state index contributed by atoms with van der Waals surface area (Å²) in [4.78, 5) is 8.56. The molecule has 1 aromatic carbocycles. The maximum atomic E-state index is 10.4. The van der Waals surface area contributed by atoms with Crippen LogP contribution in [0, 0.1) is 49.4 Å². The van der Waals surface area contributed by atoms with Crippen LogP contribution in [0.2, 0.25) is 0 Å². The fraction of sp³-hybridized carbons (Fsp3) is 0.250. The van der Waals surface area contributed by atoms with Crippen molar-refractivity contribution >= 4 is 8.03 Å². The molecule has 4 heteroatoms. The molecule has 1 radical (unpaired) electrons. The Morgan fingerprint density at radius 1 is 1.25 bits per heavy atom. The van der Waals surface area contributed by atoms with Crippen LogP contribution in [-0.2, 0) is 11.0 Å². The molecule has 12 heavy (non-hydrogen) atoms. The SMILES string of the molecule is O=[PH](O)CCc1ccccc1.[Eu]. The van der Waals surface area contributed by atoms with Crippen molar-refractivity contribution in [3.05, 3.63) is 35.9 Å². The minimum atomic E-state index is -2.28. The first-order valence-corrected chi connectivity index (χ1v) is 5.11. The van der Waals surface area contributed by atoms with Crippen molar-refractivity contribution in [2.75, 3.05) is 6.16 Å². The molecule has 1 aromatic rings. The zero-order chi connectivity index (χ0) is 8.10. The molecule has 0 aliphatic heterocycles. The minimum Gasteiger partial charge on any atom is -0.346 e. The molecule has 0 amide bonds. The Labute approximate surface area is 114 Å². The van der Waals surface area contributed by atoms with Gasteiger partial charge in [-0.1, -0.05) is 30.3 Å². The Kier molecular flexibility index (Phi) is 8.02. The van der Waals surface area contributed by atoms with Gasteiger partial charge in [0.1, 0.15) is 0 Å². The summed E-state index contributed by atoms with van der Waals surface area (Å²) in [6.07, 6.45) is 1.10. The van der Waals surface area contributed by atoms with Gasteiger partial charge in [-0.05, 0) is 12.0 Å². The third-order valence-corrected chi connectivity index (χ3v) is 2.15. The molecule has 0 aliphatic carbocycles. The molecular weight excluding hydrogens is 311 g/mol. The predicted molar refractivity (Wildman–Crippen MR) is 46.2 cm³/mol. The molecule has 0 fully saturated rings. The summed E-state index contributed by atoms with van der Waals surface area (Å²) in [5.74, 6) is 0. The maximum Gasteiger partial charge on any atom is 0.189 e. The Morgan fingerprint density at radius 2 is 1.83 bits per heavy atom. The summed E-state index contributed by atoms with van der Waals surface area (Å²) in [6, 6.07) is 9.73. The molecule has 1 unspecified atom stereocenters. The van der Waals surface area contributed by atoms with Crippen LogP contribution >= 0.6 is 8.03 Å². The number of hydrogen-bond donors (Lipinski definition) is 1. The van der Waals surface area contributed by atoms with Gasteiger partial charge in [0.15, 0.2) is 8.03 Å². The van der Waals surface area contributed by atoms with Gasteiger partial charge in [-0.2, -0.15) is 0 Å². The van der Waals surface area contributed by atoms with Gasteiger partial charge >= 0.3 is 0 Å². The number of aryl methyl sites for hydroxylation is 1. The van der Waals surface area contributed by atoms with E-state index >= 15 is 0 Å². The Hall–Kier alpha value is 0.994. The first-order valence-electron chi connectivity index (χ1n) is 3.55. The fourth-order valence-corrected chi connectivity index (χ4v) is 1.40. The Morgan fingerprint density at radius 3 is 2.33 bits per heavy atom. The summed E-state index contributed by atoms with van der Waals surface area (Å²) < 4.78 is 10.4. The average Bonchev–Trinajstić information content (AvgIpc) is 2.03. The van der Waals surface area contributed by atoms with Crippen molar-refractivity contribution in [1.82, 2.24) is 0 Å². The standard InChI is InChI=1S/C8H11O2P.Eu/c9-11(10)7-6-8-4-2-1-3-5-8;/h1-5,11H,6-7H2,(H,9,10);. The van der Waals surface area contributed by atoms with E-state index in [1.807, 2.05) is 30.3 Å². The van der Waals surface area contributed by atoms with E-state index in [0.717, 1.165) is 5.56 Å². The largest absolute Gasteiger partial charge is 0.346 e. The van der Waals surface area contributed by atoms with Gasteiger partial charge in [0.25, 0.3) is 0 Å². The van der Waals surface area contributed by atoms with Crippen LogP contribution in [0.15, 0.2) is 30.3 Å². The van der Waals surface area contributed by atoms with E-state index in [-0.39, 0.29) is 49.4 Å². The second-order valence-corrected chi connectivity index (χ2v) is 3.67. The predicted octanol–water partition coefficient (Wildman–Crippen LogP) is 1.70. The zero-order valence-corrected chi connectivity index (χ0v) is 9.96. The summed E-state index contributed by atoms with van der Waals surface area (Å²) in [5.41, 5.74) is 1.12. The van der Waals surface area contributed by atoms with Crippen molar-refractivity contribution < 1.29 is 58.8 Å².